The molecule has 0 radical (unpaired) electrons. The molecule has 168 valence electrons. The topological polar surface area (TPSA) is 84.7 Å². The van der Waals surface area contributed by atoms with Crippen LogP contribution in [0.2, 0.25) is 0 Å². The second kappa shape index (κ2) is 9.54. The number of nitrogens with zero attached hydrogens (tertiary/aromatic N) is 2. The molecule has 10 heteroatoms. The molecule has 0 spiro atoms. The number of carbonyl (C=O) groups is 2. The molecule has 2 amide bonds. The van der Waals surface area contributed by atoms with Gasteiger partial charge in [-0.2, -0.15) is 0 Å². The molecule has 0 aliphatic rings. The highest BCUT2D eigenvalue weighted by Gasteiger charge is 2.31. The quantitative estimate of drug-likeness (QED) is 0.587. The van der Waals surface area contributed by atoms with Gasteiger partial charge < -0.3 is 19.4 Å². The van der Waals surface area contributed by atoms with Crippen molar-refractivity contribution in [3.63, 3.8) is 0 Å². The minimum absolute atomic E-state index is 0.0462. The van der Waals surface area contributed by atoms with Gasteiger partial charge in [0.15, 0.2) is 0 Å². The Morgan fingerprint density at radius 2 is 1.75 bits per heavy atom. The van der Waals surface area contributed by atoms with Crippen molar-refractivity contribution in [1.82, 2.24) is 9.88 Å². The second-order valence-corrected chi connectivity index (χ2v) is 6.93. The van der Waals surface area contributed by atoms with Crippen molar-refractivity contribution in [3.8, 4) is 17.2 Å². The van der Waals surface area contributed by atoms with E-state index in [9.17, 15) is 22.8 Å². The van der Waals surface area contributed by atoms with Crippen molar-refractivity contribution in [2.45, 2.75) is 19.7 Å². The van der Waals surface area contributed by atoms with Crippen LogP contribution in [0.3, 0.4) is 0 Å². The number of anilines is 1. The van der Waals surface area contributed by atoms with E-state index in [1.807, 2.05) is 30.3 Å². The lowest BCUT2D eigenvalue weighted by molar-refractivity contribution is -0.274. The number of amides is 2. The number of aromatic nitrogens is 1. The van der Waals surface area contributed by atoms with Gasteiger partial charge in [0.25, 0.3) is 0 Å². The first kappa shape index (κ1) is 22.9. The van der Waals surface area contributed by atoms with E-state index < -0.39 is 18.0 Å². The van der Waals surface area contributed by atoms with Gasteiger partial charge in [0.1, 0.15) is 11.5 Å². The number of hydrogen-bond donors (Lipinski definition) is 1. The minimum Gasteiger partial charge on any atom is -0.441 e. The summed E-state index contributed by atoms with van der Waals surface area (Å²) < 4.78 is 46.0. The van der Waals surface area contributed by atoms with Crippen LogP contribution in [0.15, 0.2) is 59.0 Å². The third kappa shape index (κ3) is 6.34. The van der Waals surface area contributed by atoms with Gasteiger partial charge in [-0.05, 0) is 43.3 Å². The molecule has 1 aromatic heterocycles. The fourth-order valence-electron chi connectivity index (χ4n) is 2.82. The van der Waals surface area contributed by atoms with Crippen molar-refractivity contribution >= 4 is 17.5 Å². The summed E-state index contributed by atoms with van der Waals surface area (Å²) in [5.41, 5.74) is 1.53. The van der Waals surface area contributed by atoms with Gasteiger partial charge in [0.2, 0.25) is 17.7 Å². The Morgan fingerprint density at radius 1 is 1.09 bits per heavy atom. The average molecular weight is 447 g/mol. The second-order valence-electron chi connectivity index (χ2n) is 6.93. The van der Waals surface area contributed by atoms with Crippen molar-refractivity contribution < 1.29 is 31.9 Å². The molecule has 3 aromatic rings. The number of oxazole rings is 1. The lowest BCUT2D eigenvalue weighted by Crippen LogP contribution is -2.36. The minimum atomic E-state index is -4.79. The summed E-state index contributed by atoms with van der Waals surface area (Å²) in [6.07, 6.45) is -4.84. The number of likely N-dealkylation sites (N-methyl/N-ethyl adjacent to an activating group) is 1. The van der Waals surface area contributed by atoms with E-state index in [4.69, 9.17) is 4.42 Å². The molecule has 0 saturated carbocycles. The predicted octanol–water partition coefficient (Wildman–Crippen LogP) is 4.19. The Morgan fingerprint density at radius 3 is 2.38 bits per heavy atom. The van der Waals surface area contributed by atoms with Gasteiger partial charge >= 0.3 is 6.36 Å². The predicted molar refractivity (Wildman–Crippen MR) is 110 cm³/mol. The number of alkyl halides is 3. The molecular weight excluding hydrogens is 427 g/mol. The van der Waals surface area contributed by atoms with E-state index in [0.717, 1.165) is 17.7 Å². The molecule has 0 unspecified atom stereocenters. The van der Waals surface area contributed by atoms with E-state index in [0.29, 0.717) is 17.3 Å². The van der Waals surface area contributed by atoms with Gasteiger partial charge in [-0.3, -0.25) is 9.59 Å². The van der Waals surface area contributed by atoms with Crippen LogP contribution in [-0.2, 0) is 16.0 Å². The Bertz CT molecular complexity index is 1080. The van der Waals surface area contributed by atoms with E-state index >= 15 is 0 Å². The molecule has 0 aliphatic heterocycles. The fourth-order valence-corrected chi connectivity index (χ4v) is 2.82. The molecule has 2 aromatic carbocycles. The number of halogens is 3. The first-order chi connectivity index (χ1) is 15.1. The molecule has 1 N–H and O–H groups in total. The van der Waals surface area contributed by atoms with Crippen molar-refractivity contribution in [1.29, 1.82) is 0 Å². The molecule has 7 nitrogen and oxygen atoms in total. The maximum absolute atomic E-state index is 12.5. The molecule has 0 aliphatic carbocycles. The lowest BCUT2D eigenvalue weighted by Gasteiger charge is -2.16. The van der Waals surface area contributed by atoms with E-state index in [1.165, 1.54) is 24.1 Å². The largest absolute Gasteiger partial charge is 0.573 e. The smallest absolute Gasteiger partial charge is 0.441 e. The Balaban J connectivity index is 1.54. The molecule has 0 fully saturated rings. The number of benzene rings is 2. The monoisotopic (exact) mass is 447 g/mol. The van der Waals surface area contributed by atoms with Crippen LogP contribution in [0, 0.1) is 6.92 Å². The van der Waals surface area contributed by atoms with Crippen LogP contribution >= 0.6 is 0 Å². The molecular formula is C22H20F3N3O4. The average Bonchev–Trinajstić information content (AvgIpc) is 3.09. The van der Waals surface area contributed by atoms with Crippen LogP contribution in [0.1, 0.15) is 11.5 Å². The summed E-state index contributed by atoms with van der Waals surface area (Å²) in [5.74, 6) is -0.335. The SMILES string of the molecule is Cc1oc(-c2ccccc2)nc1CC(=O)N(C)CC(=O)Nc1ccc(OC(F)(F)F)cc1. The van der Waals surface area contributed by atoms with Gasteiger partial charge in [0.05, 0.1) is 18.7 Å². The Labute approximate surface area is 181 Å². The number of nitrogens with one attached hydrogen (secondary N) is 1. The third-order valence-electron chi connectivity index (χ3n) is 4.41. The first-order valence-electron chi connectivity index (χ1n) is 9.52. The maximum atomic E-state index is 12.5. The molecule has 3 rings (SSSR count). The standard InChI is InChI=1S/C22H20F3N3O4/c1-14-18(27-21(31-14)15-6-4-3-5-7-15)12-20(30)28(2)13-19(29)26-16-8-10-17(11-9-16)32-22(23,24)25/h3-11H,12-13H2,1-2H3,(H,26,29). The highest BCUT2D eigenvalue weighted by molar-refractivity contribution is 5.94. The van der Waals surface area contributed by atoms with Crippen LogP contribution in [0.4, 0.5) is 18.9 Å². The fraction of sp³-hybridized carbons (Fsp3) is 0.227. The van der Waals surface area contributed by atoms with Gasteiger partial charge in [-0.1, -0.05) is 18.2 Å². The zero-order valence-corrected chi connectivity index (χ0v) is 17.3. The summed E-state index contributed by atoms with van der Waals surface area (Å²) in [7, 11) is 1.47. The highest BCUT2D eigenvalue weighted by Crippen LogP contribution is 2.24. The Hall–Kier alpha value is -3.82. The van der Waals surface area contributed by atoms with Crippen LogP contribution in [-0.4, -0.2) is 41.7 Å². The molecule has 0 saturated heterocycles. The first-order valence-corrected chi connectivity index (χ1v) is 9.52. The van der Waals surface area contributed by atoms with Crippen LogP contribution in [0.5, 0.6) is 5.75 Å². The van der Waals surface area contributed by atoms with Crippen molar-refractivity contribution in [2.75, 3.05) is 18.9 Å². The van der Waals surface area contributed by atoms with Gasteiger partial charge in [0, 0.05) is 18.3 Å². The third-order valence-corrected chi connectivity index (χ3v) is 4.41. The summed E-state index contributed by atoms with van der Waals surface area (Å²) in [6, 6.07) is 13.9. The zero-order valence-electron chi connectivity index (χ0n) is 17.3. The van der Waals surface area contributed by atoms with Gasteiger partial charge in [-0.15, -0.1) is 13.2 Å². The lowest BCUT2D eigenvalue weighted by atomic mass is 10.2. The van der Waals surface area contributed by atoms with Crippen molar-refractivity contribution in [3.05, 3.63) is 66.1 Å². The van der Waals surface area contributed by atoms with E-state index in [-0.39, 0.29) is 24.6 Å². The number of hydrogen-bond acceptors (Lipinski definition) is 5. The van der Waals surface area contributed by atoms with Crippen LogP contribution in [0.25, 0.3) is 11.5 Å². The number of ether oxygens (including phenoxy) is 1. The number of aryl methyl sites for hydroxylation is 1. The molecule has 0 bridgehead atoms. The normalized spacial score (nSPS) is 11.2. The molecule has 1 heterocycles. The van der Waals surface area contributed by atoms with Crippen molar-refractivity contribution in [2.24, 2.45) is 0 Å². The Kier molecular flexibility index (Phi) is 6.82. The highest BCUT2D eigenvalue weighted by atomic mass is 19.4. The summed E-state index contributed by atoms with van der Waals surface area (Å²) in [6.45, 7) is 1.46. The summed E-state index contributed by atoms with van der Waals surface area (Å²) in [5, 5.41) is 2.51. The maximum Gasteiger partial charge on any atom is 0.573 e. The van der Waals surface area contributed by atoms with E-state index in [2.05, 4.69) is 15.0 Å². The van der Waals surface area contributed by atoms with Gasteiger partial charge in [-0.25, -0.2) is 4.98 Å². The molecule has 32 heavy (non-hydrogen) atoms. The van der Waals surface area contributed by atoms with Crippen LogP contribution < -0.4 is 10.1 Å². The summed E-state index contributed by atoms with van der Waals surface area (Å²) in [4.78, 5) is 30.3. The van der Waals surface area contributed by atoms with E-state index in [1.54, 1.807) is 6.92 Å². The summed E-state index contributed by atoms with van der Waals surface area (Å²) >= 11 is 0. The zero-order chi connectivity index (χ0) is 23.3. The number of rotatable bonds is 7. The molecule has 0 atom stereocenters. The number of carbonyl (C=O) groups excluding carboxylic acids is 2.